The molecule has 1 aromatic heterocycles. The van der Waals surface area contributed by atoms with Crippen LogP contribution in [0.5, 0.6) is 0 Å². The highest BCUT2D eigenvalue weighted by molar-refractivity contribution is 5.72. The molecule has 32 heavy (non-hydrogen) atoms. The topological polar surface area (TPSA) is 102 Å². The number of hydrogen-bond acceptors (Lipinski definition) is 9. The van der Waals surface area contributed by atoms with Gasteiger partial charge in [0.05, 0.1) is 11.5 Å². The molecule has 172 valence electrons. The molecule has 1 N–H and O–H groups in total. The number of nitrogens with zero attached hydrogens (tertiary/aromatic N) is 7. The van der Waals surface area contributed by atoms with Gasteiger partial charge in [0.2, 0.25) is 11.6 Å². The predicted molar refractivity (Wildman–Crippen MR) is 125 cm³/mol. The van der Waals surface area contributed by atoms with Crippen LogP contribution in [0.4, 0.5) is 23.0 Å². The number of β-amino-alcohol motifs (C(OH)–C–C–N with tert-alkyl or cyclic N) is 1. The Hall–Kier alpha value is -2.98. The standard InChI is InChI=1S/C22H31N7O3/c1-17-4-3-5-19(18(17)2)26-10-12-28(13-11-26)22-20(29(31)32)21(23-16-24-22)27-8-6-25(7-9-27)14-15-30/h3-5,16,30H,6-15H2,1-2H3. The van der Waals surface area contributed by atoms with Gasteiger partial charge in [-0.25, -0.2) is 9.97 Å². The average Bonchev–Trinajstić information content (AvgIpc) is 2.81. The van der Waals surface area contributed by atoms with E-state index in [1.54, 1.807) is 0 Å². The number of benzene rings is 1. The van der Waals surface area contributed by atoms with Gasteiger partial charge < -0.3 is 19.8 Å². The number of aromatic nitrogens is 2. The van der Waals surface area contributed by atoms with E-state index in [1.165, 1.54) is 23.1 Å². The van der Waals surface area contributed by atoms with Gasteiger partial charge in [0, 0.05) is 64.6 Å². The Morgan fingerprint density at radius 1 is 0.938 bits per heavy atom. The first-order valence-corrected chi connectivity index (χ1v) is 11.1. The van der Waals surface area contributed by atoms with Gasteiger partial charge in [-0.15, -0.1) is 0 Å². The van der Waals surface area contributed by atoms with Crippen molar-refractivity contribution in [1.82, 2.24) is 14.9 Å². The summed E-state index contributed by atoms with van der Waals surface area (Å²) >= 11 is 0. The van der Waals surface area contributed by atoms with E-state index in [9.17, 15) is 10.1 Å². The van der Waals surface area contributed by atoms with Crippen LogP contribution in [-0.4, -0.2) is 90.4 Å². The van der Waals surface area contributed by atoms with Gasteiger partial charge in [0.25, 0.3) is 0 Å². The first-order valence-electron chi connectivity index (χ1n) is 11.1. The normalized spacial score (nSPS) is 17.7. The minimum Gasteiger partial charge on any atom is -0.395 e. The minimum atomic E-state index is -0.345. The number of hydrogen-bond donors (Lipinski definition) is 1. The molecule has 0 atom stereocenters. The van der Waals surface area contributed by atoms with Crippen LogP contribution in [0.15, 0.2) is 24.5 Å². The van der Waals surface area contributed by atoms with E-state index in [-0.39, 0.29) is 17.2 Å². The largest absolute Gasteiger partial charge is 0.395 e. The molecule has 2 aromatic rings. The van der Waals surface area contributed by atoms with Gasteiger partial charge in [-0.05, 0) is 31.0 Å². The van der Waals surface area contributed by atoms with Gasteiger partial charge in [0.1, 0.15) is 6.33 Å². The lowest BCUT2D eigenvalue weighted by atomic mass is 10.1. The minimum absolute atomic E-state index is 0.0108. The van der Waals surface area contributed by atoms with E-state index in [0.29, 0.717) is 44.4 Å². The summed E-state index contributed by atoms with van der Waals surface area (Å²) in [5, 5.41) is 21.2. The molecule has 0 unspecified atom stereocenters. The van der Waals surface area contributed by atoms with Crippen molar-refractivity contribution in [3.8, 4) is 0 Å². The lowest BCUT2D eigenvalue weighted by Gasteiger charge is -2.38. The Kier molecular flexibility index (Phi) is 6.71. The van der Waals surface area contributed by atoms with Gasteiger partial charge in [-0.1, -0.05) is 12.1 Å². The summed E-state index contributed by atoms with van der Waals surface area (Å²) in [6, 6.07) is 6.33. The molecule has 0 aliphatic carbocycles. The number of aryl methyl sites for hydroxylation is 1. The second-order valence-corrected chi connectivity index (χ2v) is 8.37. The smallest absolute Gasteiger partial charge is 0.353 e. The molecule has 2 saturated heterocycles. The summed E-state index contributed by atoms with van der Waals surface area (Å²) < 4.78 is 0. The van der Waals surface area contributed by atoms with E-state index in [4.69, 9.17) is 5.11 Å². The molecule has 2 aliphatic heterocycles. The van der Waals surface area contributed by atoms with Crippen LogP contribution in [-0.2, 0) is 0 Å². The van der Waals surface area contributed by atoms with Crippen molar-refractivity contribution in [2.24, 2.45) is 0 Å². The number of aliphatic hydroxyl groups is 1. The Morgan fingerprint density at radius 3 is 2.06 bits per heavy atom. The Labute approximate surface area is 188 Å². The Morgan fingerprint density at radius 2 is 1.50 bits per heavy atom. The monoisotopic (exact) mass is 441 g/mol. The third-order valence-corrected chi connectivity index (χ3v) is 6.55. The highest BCUT2D eigenvalue weighted by Crippen LogP contribution is 2.35. The second-order valence-electron chi connectivity index (χ2n) is 8.37. The maximum absolute atomic E-state index is 12.1. The van der Waals surface area contributed by atoms with E-state index in [2.05, 4.69) is 51.8 Å². The van der Waals surface area contributed by atoms with Crippen molar-refractivity contribution in [1.29, 1.82) is 0 Å². The first kappa shape index (κ1) is 22.2. The Balaban J connectivity index is 1.51. The molecule has 2 aliphatic rings. The molecule has 3 heterocycles. The van der Waals surface area contributed by atoms with Crippen LogP contribution in [0.2, 0.25) is 0 Å². The molecule has 0 saturated carbocycles. The van der Waals surface area contributed by atoms with Crippen molar-refractivity contribution in [3.05, 3.63) is 45.8 Å². The molecule has 0 radical (unpaired) electrons. The highest BCUT2D eigenvalue weighted by Gasteiger charge is 2.33. The molecule has 4 rings (SSSR count). The average molecular weight is 442 g/mol. The molecule has 2 fully saturated rings. The molecule has 1 aromatic carbocycles. The first-order chi connectivity index (χ1) is 15.5. The molecular formula is C22H31N7O3. The maximum Gasteiger partial charge on any atom is 0.353 e. The third-order valence-electron chi connectivity index (χ3n) is 6.55. The van der Waals surface area contributed by atoms with Crippen LogP contribution in [0.25, 0.3) is 0 Å². The van der Waals surface area contributed by atoms with Gasteiger partial charge >= 0.3 is 5.69 Å². The summed E-state index contributed by atoms with van der Waals surface area (Å²) in [6.07, 6.45) is 1.44. The second kappa shape index (κ2) is 9.66. The molecular weight excluding hydrogens is 410 g/mol. The molecule has 10 heteroatoms. The fourth-order valence-electron chi connectivity index (χ4n) is 4.55. The Bertz CT molecular complexity index is 955. The number of aliphatic hydroxyl groups excluding tert-OH is 1. The number of anilines is 3. The van der Waals surface area contributed by atoms with E-state index in [1.807, 2.05) is 9.80 Å². The molecule has 0 bridgehead atoms. The summed E-state index contributed by atoms with van der Waals surface area (Å²) in [6.45, 7) is 10.6. The highest BCUT2D eigenvalue weighted by atomic mass is 16.6. The van der Waals surface area contributed by atoms with Gasteiger partial charge in [-0.2, -0.15) is 0 Å². The molecule has 10 nitrogen and oxygen atoms in total. The zero-order valence-electron chi connectivity index (χ0n) is 18.8. The van der Waals surface area contributed by atoms with E-state index in [0.717, 1.165) is 26.2 Å². The maximum atomic E-state index is 12.1. The fourth-order valence-corrected chi connectivity index (χ4v) is 4.55. The molecule has 0 spiro atoms. The van der Waals surface area contributed by atoms with Crippen LogP contribution in [0, 0.1) is 24.0 Å². The van der Waals surface area contributed by atoms with Gasteiger partial charge in [-0.3, -0.25) is 15.0 Å². The van der Waals surface area contributed by atoms with Crippen molar-refractivity contribution in [2.75, 3.05) is 80.2 Å². The number of piperazine rings is 2. The lowest BCUT2D eigenvalue weighted by molar-refractivity contribution is -0.383. The van der Waals surface area contributed by atoms with E-state index < -0.39 is 0 Å². The van der Waals surface area contributed by atoms with E-state index >= 15 is 0 Å². The zero-order chi connectivity index (χ0) is 22.7. The van der Waals surface area contributed by atoms with Crippen LogP contribution in [0.1, 0.15) is 11.1 Å². The SMILES string of the molecule is Cc1cccc(N2CCN(c3ncnc(N4CCN(CCO)CC4)c3[N+](=O)[O-])CC2)c1C. The van der Waals surface area contributed by atoms with Crippen molar-refractivity contribution in [2.45, 2.75) is 13.8 Å². The van der Waals surface area contributed by atoms with Crippen molar-refractivity contribution in [3.63, 3.8) is 0 Å². The third kappa shape index (κ3) is 4.46. The zero-order valence-corrected chi connectivity index (χ0v) is 18.8. The number of rotatable bonds is 6. The van der Waals surface area contributed by atoms with Crippen LogP contribution in [0.3, 0.4) is 0 Å². The van der Waals surface area contributed by atoms with Crippen molar-refractivity contribution >= 4 is 23.0 Å². The summed E-state index contributed by atoms with van der Waals surface area (Å²) in [5.74, 6) is 0.791. The summed E-state index contributed by atoms with van der Waals surface area (Å²) in [5.41, 5.74) is 3.75. The fraction of sp³-hybridized carbons (Fsp3) is 0.545. The van der Waals surface area contributed by atoms with Gasteiger partial charge in [0.15, 0.2) is 0 Å². The summed E-state index contributed by atoms with van der Waals surface area (Å²) in [7, 11) is 0. The molecule has 0 amide bonds. The van der Waals surface area contributed by atoms with Crippen molar-refractivity contribution < 1.29 is 10.0 Å². The predicted octanol–water partition coefficient (Wildman–Crippen LogP) is 1.44. The summed E-state index contributed by atoms with van der Waals surface area (Å²) in [4.78, 5) is 28.8. The lowest BCUT2D eigenvalue weighted by Crippen LogP contribution is -2.48. The van der Waals surface area contributed by atoms with Crippen LogP contribution < -0.4 is 14.7 Å². The quantitative estimate of drug-likeness (QED) is 0.527. The number of nitro groups is 1. The van der Waals surface area contributed by atoms with Crippen LogP contribution >= 0.6 is 0 Å².